The van der Waals surface area contributed by atoms with Crippen LogP contribution in [0.15, 0.2) is 28.9 Å². The highest BCUT2D eigenvalue weighted by molar-refractivity contribution is 9.10. The summed E-state index contributed by atoms with van der Waals surface area (Å²) in [6.45, 7) is 10.5. The first-order valence-corrected chi connectivity index (χ1v) is 8.39. The van der Waals surface area contributed by atoms with Gasteiger partial charge in [-0.2, -0.15) is 5.10 Å². The second-order valence-corrected chi connectivity index (χ2v) is 6.22. The normalized spacial score (nSPS) is 12.6. The Kier molecular flexibility index (Phi) is 5.59. The van der Waals surface area contributed by atoms with Gasteiger partial charge in [-0.1, -0.05) is 35.0 Å². The summed E-state index contributed by atoms with van der Waals surface area (Å²) < 4.78 is 3.27. The van der Waals surface area contributed by atoms with E-state index in [0.29, 0.717) is 0 Å². The Labute approximate surface area is 135 Å². The van der Waals surface area contributed by atoms with Gasteiger partial charge in [0.05, 0.1) is 11.7 Å². The van der Waals surface area contributed by atoms with Crippen LogP contribution in [0.1, 0.15) is 48.7 Å². The van der Waals surface area contributed by atoms with Crippen molar-refractivity contribution in [1.82, 2.24) is 15.1 Å². The van der Waals surface area contributed by atoms with Gasteiger partial charge in [0.1, 0.15) is 0 Å². The standard InChI is InChI=1S/C17H24BrN3/c1-5-8-19-17(15-7-9-20-21(15)6-2)14-10-12(3)16(18)13(4)11-14/h7,9-11,17,19H,5-6,8H2,1-4H3. The third-order valence-electron chi connectivity index (χ3n) is 3.74. The number of nitrogens with one attached hydrogen (secondary N) is 1. The van der Waals surface area contributed by atoms with E-state index in [9.17, 15) is 0 Å². The van der Waals surface area contributed by atoms with Crippen LogP contribution in [0.2, 0.25) is 0 Å². The highest BCUT2D eigenvalue weighted by atomic mass is 79.9. The molecule has 1 unspecified atom stereocenters. The number of rotatable bonds is 6. The summed E-state index contributed by atoms with van der Waals surface area (Å²) in [5, 5.41) is 8.08. The van der Waals surface area contributed by atoms with Crippen molar-refractivity contribution in [1.29, 1.82) is 0 Å². The molecule has 3 nitrogen and oxygen atoms in total. The van der Waals surface area contributed by atoms with Crippen molar-refractivity contribution in [3.63, 3.8) is 0 Å². The van der Waals surface area contributed by atoms with Crippen LogP contribution in [0.5, 0.6) is 0 Å². The lowest BCUT2D eigenvalue weighted by Gasteiger charge is -2.21. The number of benzene rings is 1. The van der Waals surface area contributed by atoms with Crippen molar-refractivity contribution >= 4 is 15.9 Å². The molecule has 0 amide bonds. The second kappa shape index (κ2) is 7.23. The molecule has 1 heterocycles. The van der Waals surface area contributed by atoms with E-state index in [2.05, 4.69) is 76.9 Å². The molecule has 4 heteroatoms. The molecule has 0 saturated carbocycles. The second-order valence-electron chi connectivity index (χ2n) is 5.43. The Hall–Kier alpha value is -1.13. The molecule has 1 aromatic heterocycles. The molecule has 114 valence electrons. The van der Waals surface area contributed by atoms with Gasteiger partial charge in [-0.3, -0.25) is 4.68 Å². The summed E-state index contributed by atoms with van der Waals surface area (Å²) >= 11 is 3.65. The van der Waals surface area contributed by atoms with Gasteiger partial charge in [0, 0.05) is 17.2 Å². The average molecular weight is 350 g/mol. The van der Waals surface area contributed by atoms with Crippen LogP contribution in [0.4, 0.5) is 0 Å². The summed E-state index contributed by atoms with van der Waals surface area (Å²) in [5.41, 5.74) is 5.08. The summed E-state index contributed by atoms with van der Waals surface area (Å²) in [4.78, 5) is 0. The number of hydrogen-bond donors (Lipinski definition) is 1. The van der Waals surface area contributed by atoms with E-state index < -0.39 is 0 Å². The number of aromatic nitrogens is 2. The monoisotopic (exact) mass is 349 g/mol. The van der Waals surface area contributed by atoms with Gasteiger partial charge in [-0.25, -0.2) is 0 Å². The molecule has 1 N–H and O–H groups in total. The largest absolute Gasteiger partial charge is 0.305 e. The van der Waals surface area contributed by atoms with Crippen LogP contribution in [-0.2, 0) is 6.54 Å². The summed E-state index contributed by atoms with van der Waals surface area (Å²) in [6, 6.07) is 6.83. The number of hydrogen-bond acceptors (Lipinski definition) is 2. The molecule has 21 heavy (non-hydrogen) atoms. The quantitative estimate of drug-likeness (QED) is 0.838. The van der Waals surface area contributed by atoms with Crippen molar-refractivity contribution in [2.45, 2.75) is 46.7 Å². The molecule has 1 aromatic carbocycles. The van der Waals surface area contributed by atoms with Gasteiger partial charge < -0.3 is 5.32 Å². The maximum Gasteiger partial charge on any atom is 0.0748 e. The zero-order valence-corrected chi connectivity index (χ0v) is 14.9. The Balaban J connectivity index is 2.45. The topological polar surface area (TPSA) is 29.9 Å². The van der Waals surface area contributed by atoms with Crippen LogP contribution >= 0.6 is 15.9 Å². The van der Waals surface area contributed by atoms with E-state index in [1.54, 1.807) is 0 Å². The Bertz CT molecular complexity index is 581. The van der Waals surface area contributed by atoms with E-state index in [4.69, 9.17) is 0 Å². The Morgan fingerprint density at radius 1 is 1.24 bits per heavy atom. The fraction of sp³-hybridized carbons (Fsp3) is 0.471. The summed E-state index contributed by atoms with van der Waals surface area (Å²) in [5.74, 6) is 0. The van der Waals surface area contributed by atoms with Crippen molar-refractivity contribution in [2.24, 2.45) is 0 Å². The highest BCUT2D eigenvalue weighted by Crippen LogP contribution is 2.29. The molecule has 0 bridgehead atoms. The molecular weight excluding hydrogens is 326 g/mol. The number of aryl methyl sites for hydroxylation is 3. The van der Waals surface area contributed by atoms with Crippen molar-refractivity contribution in [3.8, 4) is 0 Å². The van der Waals surface area contributed by atoms with Crippen molar-refractivity contribution in [2.75, 3.05) is 6.54 Å². The van der Waals surface area contributed by atoms with Gasteiger partial charge in [0.2, 0.25) is 0 Å². The van der Waals surface area contributed by atoms with Crippen LogP contribution < -0.4 is 5.32 Å². The lowest BCUT2D eigenvalue weighted by Crippen LogP contribution is -2.26. The van der Waals surface area contributed by atoms with Gasteiger partial charge in [0.25, 0.3) is 0 Å². The summed E-state index contributed by atoms with van der Waals surface area (Å²) in [6.07, 6.45) is 3.00. The third-order valence-corrected chi connectivity index (χ3v) is 4.99. The zero-order chi connectivity index (χ0) is 15.4. The molecule has 0 saturated heterocycles. The fourth-order valence-electron chi connectivity index (χ4n) is 2.68. The predicted octanol–water partition coefficient (Wildman–Crippen LogP) is 4.37. The molecule has 0 radical (unpaired) electrons. The maximum atomic E-state index is 4.42. The first-order chi connectivity index (χ1) is 10.1. The highest BCUT2D eigenvalue weighted by Gasteiger charge is 2.18. The van der Waals surface area contributed by atoms with Crippen LogP contribution in [0, 0.1) is 13.8 Å². The molecule has 2 aromatic rings. The van der Waals surface area contributed by atoms with Crippen molar-refractivity contribution in [3.05, 3.63) is 51.3 Å². The molecular formula is C17H24BrN3. The van der Waals surface area contributed by atoms with E-state index in [1.165, 1.54) is 26.9 Å². The number of halogens is 1. The van der Waals surface area contributed by atoms with E-state index in [1.807, 2.05) is 6.20 Å². The zero-order valence-electron chi connectivity index (χ0n) is 13.3. The first-order valence-electron chi connectivity index (χ1n) is 7.60. The van der Waals surface area contributed by atoms with Crippen LogP contribution in [0.3, 0.4) is 0 Å². The minimum atomic E-state index is 0.192. The number of nitrogens with zero attached hydrogens (tertiary/aromatic N) is 2. The molecule has 0 fully saturated rings. The molecule has 1 atom stereocenters. The molecule has 0 aliphatic rings. The summed E-state index contributed by atoms with van der Waals surface area (Å²) in [7, 11) is 0. The first kappa shape index (κ1) is 16.2. The molecule has 0 spiro atoms. The van der Waals surface area contributed by atoms with Gasteiger partial charge in [0.15, 0.2) is 0 Å². The van der Waals surface area contributed by atoms with Gasteiger partial charge >= 0.3 is 0 Å². The fourth-order valence-corrected chi connectivity index (χ4v) is 2.91. The van der Waals surface area contributed by atoms with E-state index >= 15 is 0 Å². The van der Waals surface area contributed by atoms with Crippen LogP contribution in [-0.4, -0.2) is 16.3 Å². The lowest BCUT2D eigenvalue weighted by molar-refractivity contribution is 0.529. The molecule has 0 aliphatic carbocycles. The van der Waals surface area contributed by atoms with E-state index in [-0.39, 0.29) is 6.04 Å². The predicted molar refractivity (Wildman–Crippen MR) is 91.7 cm³/mol. The molecule has 2 rings (SSSR count). The van der Waals surface area contributed by atoms with E-state index in [0.717, 1.165) is 19.5 Å². The minimum absolute atomic E-state index is 0.192. The maximum absolute atomic E-state index is 4.42. The SMILES string of the molecule is CCCNC(c1cc(C)c(Br)c(C)c1)c1ccnn1CC. The Morgan fingerprint density at radius 2 is 1.90 bits per heavy atom. The van der Waals surface area contributed by atoms with Crippen LogP contribution in [0.25, 0.3) is 0 Å². The van der Waals surface area contributed by atoms with Gasteiger partial charge in [-0.05, 0) is 56.5 Å². The third kappa shape index (κ3) is 3.55. The smallest absolute Gasteiger partial charge is 0.0748 e. The van der Waals surface area contributed by atoms with Gasteiger partial charge in [-0.15, -0.1) is 0 Å². The lowest BCUT2D eigenvalue weighted by atomic mass is 9.98. The Morgan fingerprint density at radius 3 is 2.48 bits per heavy atom. The average Bonchev–Trinajstić information content (AvgIpc) is 2.93. The molecule has 0 aliphatic heterocycles. The minimum Gasteiger partial charge on any atom is -0.305 e. The van der Waals surface area contributed by atoms with Crippen molar-refractivity contribution < 1.29 is 0 Å².